The number of alkyl halides is 1. The molecule has 1 atom stereocenters. The molecule has 1 unspecified atom stereocenters. The van der Waals surface area contributed by atoms with Crippen LogP contribution in [0.3, 0.4) is 0 Å². The summed E-state index contributed by atoms with van der Waals surface area (Å²) >= 11 is 0. The maximum atomic E-state index is 13.6. The Hall–Kier alpha value is -0.890. The predicted octanol–water partition coefficient (Wildman–Crippen LogP) is 3.25. The average molecular weight is 196 g/mol. The summed E-state index contributed by atoms with van der Waals surface area (Å²) in [6.07, 6.45) is -0.544. The molecule has 0 bridgehead atoms. The van der Waals surface area contributed by atoms with E-state index < -0.39 is 11.8 Å². The second-order valence-corrected chi connectivity index (χ2v) is 4.22. The molecule has 0 radical (unpaired) electrons. The van der Waals surface area contributed by atoms with Crippen LogP contribution in [0.5, 0.6) is 0 Å². The normalized spacial score (nSPS) is 14.1. The van der Waals surface area contributed by atoms with Crippen LogP contribution >= 0.6 is 0 Å². The van der Waals surface area contributed by atoms with E-state index in [1.54, 1.807) is 19.1 Å². The molecule has 1 N–H and O–H groups in total. The molecule has 2 heteroatoms. The van der Waals surface area contributed by atoms with Crippen LogP contribution in [0.2, 0.25) is 0 Å². The van der Waals surface area contributed by atoms with Crippen LogP contribution < -0.4 is 0 Å². The number of rotatable bonds is 2. The van der Waals surface area contributed by atoms with Gasteiger partial charge >= 0.3 is 0 Å². The van der Waals surface area contributed by atoms with Crippen molar-refractivity contribution < 1.29 is 9.50 Å². The van der Waals surface area contributed by atoms with Gasteiger partial charge in [0.15, 0.2) is 0 Å². The van der Waals surface area contributed by atoms with Gasteiger partial charge in [0.05, 0.1) is 6.10 Å². The van der Waals surface area contributed by atoms with Gasteiger partial charge in [-0.25, -0.2) is 4.39 Å². The molecule has 1 rings (SSSR count). The molecule has 0 fully saturated rings. The molecule has 78 valence electrons. The van der Waals surface area contributed by atoms with Gasteiger partial charge in [-0.15, -0.1) is 0 Å². The van der Waals surface area contributed by atoms with E-state index in [4.69, 9.17) is 0 Å². The Kier molecular flexibility index (Phi) is 2.95. The zero-order valence-electron chi connectivity index (χ0n) is 9.13. The summed E-state index contributed by atoms with van der Waals surface area (Å²) in [7, 11) is 0. The number of benzene rings is 1. The monoisotopic (exact) mass is 196 g/mol. The van der Waals surface area contributed by atoms with Gasteiger partial charge in [0.25, 0.3) is 0 Å². The van der Waals surface area contributed by atoms with E-state index in [-0.39, 0.29) is 0 Å². The van der Waals surface area contributed by atoms with Crippen molar-refractivity contribution in [1.82, 2.24) is 0 Å². The molecule has 1 aromatic carbocycles. The van der Waals surface area contributed by atoms with Crippen molar-refractivity contribution >= 4 is 0 Å². The summed E-state index contributed by atoms with van der Waals surface area (Å²) in [6, 6.07) is 5.35. The lowest BCUT2D eigenvalue weighted by molar-refractivity contribution is 0.196. The van der Waals surface area contributed by atoms with Crippen LogP contribution in [0, 0.1) is 6.92 Å². The topological polar surface area (TPSA) is 20.2 Å². The molecular weight excluding hydrogens is 179 g/mol. The molecule has 0 saturated carbocycles. The minimum atomic E-state index is -1.35. The molecule has 0 aliphatic heterocycles. The highest BCUT2D eigenvalue weighted by atomic mass is 19.1. The van der Waals surface area contributed by atoms with E-state index in [0.29, 0.717) is 5.56 Å². The zero-order valence-corrected chi connectivity index (χ0v) is 9.13. The van der Waals surface area contributed by atoms with E-state index in [9.17, 15) is 9.50 Å². The molecule has 0 aliphatic carbocycles. The number of aryl methyl sites for hydroxylation is 1. The molecule has 0 aromatic heterocycles. The zero-order chi connectivity index (χ0) is 10.9. The minimum absolute atomic E-state index is 0.544. The molecule has 14 heavy (non-hydrogen) atoms. The molecule has 0 spiro atoms. The predicted molar refractivity (Wildman–Crippen MR) is 55.9 cm³/mol. The summed E-state index contributed by atoms with van der Waals surface area (Å²) in [5, 5.41) is 9.47. The quantitative estimate of drug-likeness (QED) is 0.769. The third-order valence-electron chi connectivity index (χ3n) is 2.42. The fraction of sp³-hybridized carbons (Fsp3) is 0.500. The molecule has 0 saturated heterocycles. The van der Waals surface area contributed by atoms with Crippen molar-refractivity contribution in [2.24, 2.45) is 0 Å². The van der Waals surface area contributed by atoms with Gasteiger partial charge in [0, 0.05) is 0 Å². The Morgan fingerprint density at radius 1 is 1.36 bits per heavy atom. The van der Waals surface area contributed by atoms with Crippen molar-refractivity contribution in [3.05, 3.63) is 34.9 Å². The highest BCUT2D eigenvalue weighted by Gasteiger charge is 2.20. The molecular formula is C12H17FO. The van der Waals surface area contributed by atoms with E-state index >= 15 is 0 Å². The van der Waals surface area contributed by atoms with E-state index in [1.165, 1.54) is 13.8 Å². The third-order valence-corrected chi connectivity index (χ3v) is 2.42. The maximum absolute atomic E-state index is 13.6. The summed E-state index contributed by atoms with van der Waals surface area (Å²) < 4.78 is 13.6. The number of hydrogen-bond donors (Lipinski definition) is 1. The van der Waals surface area contributed by atoms with E-state index in [2.05, 4.69) is 0 Å². The van der Waals surface area contributed by atoms with Gasteiger partial charge in [-0.3, -0.25) is 0 Å². The van der Waals surface area contributed by atoms with Gasteiger partial charge in [0.1, 0.15) is 5.67 Å². The number of halogens is 1. The number of aliphatic hydroxyl groups is 1. The van der Waals surface area contributed by atoms with E-state index in [1.807, 2.05) is 13.0 Å². The molecule has 0 aliphatic rings. The summed E-state index contributed by atoms with van der Waals surface area (Å²) in [6.45, 7) is 6.64. The first-order valence-electron chi connectivity index (χ1n) is 4.80. The summed E-state index contributed by atoms with van der Waals surface area (Å²) in [5.74, 6) is 0. The fourth-order valence-electron chi connectivity index (χ4n) is 1.46. The molecule has 0 amide bonds. The molecule has 1 aromatic rings. The highest BCUT2D eigenvalue weighted by Crippen LogP contribution is 2.28. The molecule has 1 nitrogen and oxygen atoms in total. The van der Waals surface area contributed by atoms with E-state index in [0.717, 1.165) is 11.1 Å². The molecule has 0 heterocycles. The van der Waals surface area contributed by atoms with Crippen LogP contribution in [-0.2, 0) is 5.67 Å². The Morgan fingerprint density at radius 2 is 1.93 bits per heavy atom. The first kappa shape index (κ1) is 11.2. The largest absolute Gasteiger partial charge is 0.389 e. The van der Waals surface area contributed by atoms with Gasteiger partial charge in [-0.05, 0) is 50.5 Å². The second kappa shape index (κ2) is 3.70. The van der Waals surface area contributed by atoms with Crippen molar-refractivity contribution in [2.45, 2.75) is 39.5 Å². The third kappa shape index (κ3) is 2.32. The van der Waals surface area contributed by atoms with Crippen LogP contribution in [0.15, 0.2) is 18.2 Å². The lowest BCUT2D eigenvalue weighted by Crippen LogP contribution is -2.10. The van der Waals surface area contributed by atoms with Crippen LogP contribution in [0.1, 0.15) is 43.6 Å². The Morgan fingerprint density at radius 3 is 2.36 bits per heavy atom. The minimum Gasteiger partial charge on any atom is -0.389 e. The summed E-state index contributed by atoms with van der Waals surface area (Å²) in [5.41, 5.74) is 1.05. The van der Waals surface area contributed by atoms with Gasteiger partial charge in [-0.2, -0.15) is 0 Å². The number of aliphatic hydroxyl groups excluding tert-OH is 1. The second-order valence-electron chi connectivity index (χ2n) is 4.22. The lowest BCUT2D eigenvalue weighted by Gasteiger charge is -2.18. The Balaban J connectivity index is 3.20. The van der Waals surface area contributed by atoms with Gasteiger partial charge in [0.2, 0.25) is 0 Å². The van der Waals surface area contributed by atoms with Crippen LogP contribution in [0.25, 0.3) is 0 Å². The fourth-order valence-corrected chi connectivity index (χ4v) is 1.46. The SMILES string of the molecule is Cc1ccc(C(C)(C)F)cc1C(C)O. The Bertz CT molecular complexity index is 324. The van der Waals surface area contributed by atoms with Crippen molar-refractivity contribution in [2.75, 3.05) is 0 Å². The smallest absolute Gasteiger partial charge is 0.130 e. The van der Waals surface area contributed by atoms with Crippen molar-refractivity contribution in [3.8, 4) is 0 Å². The lowest BCUT2D eigenvalue weighted by atomic mass is 9.94. The van der Waals surface area contributed by atoms with Crippen LogP contribution in [-0.4, -0.2) is 5.11 Å². The van der Waals surface area contributed by atoms with Gasteiger partial charge < -0.3 is 5.11 Å². The van der Waals surface area contributed by atoms with Crippen molar-refractivity contribution in [3.63, 3.8) is 0 Å². The van der Waals surface area contributed by atoms with Gasteiger partial charge in [-0.1, -0.05) is 12.1 Å². The standard InChI is InChI=1S/C12H17FO/c1-8-5-6-10(12(3,4)13)7-11(8)9(2)14/h5-7,9,14H,1-4H3. The maximum Gasteiger partial charge on any atom is 0.130 e. The average Bonchev–Trinajstić information content (AvgIpc) is 2.02. The first-order valence-corrected chi connectivity index (χ1v) is 4.80. The van der Waals surface area contributed by atoms with Crippen LogP contribution in [0.4, 0.5) is 4.39 Å². The number of hydrogen-bond acceptors (Lipinski definition) is 1. The van der Waals surface area contributed by atoms with Crippen molar-refractivity contribution in [1.29, 1.82) is 0 Å². The first-order chi connectivity index (χ1) is 6.32. The Labute approximate surface area is 84.6 Å². The highest BCUT2D eigenvalue weighted by molar-refractivity contribution is 5.34. The summed E-state index contributed by atoms with van der Waals surface area (Å²) in [4.78, 5) is 0.